The number of hydrogen-bond donors (Lipinski definition) is 0. The number of cyclic esters (lactones) is 4. The summed E-state index contributed by atoms with van der Waals surface area (Å²) in [6.07, 6.45) is 6.80. The molecule has 0 N–H and O–H groups in total. The van der Waals surface area contributed by atoms with Crippen LogP contribution in [0.5, 0.6) is 17.2 Å². The van der Waals surface area contributed by atoms with E-state index in [0.29, 0.717) is 47.2 Å². The number of ketones is 1. The quantitative estimate of drug-likeness (QED) is 0.0305. The predicted molar refractivity (Wildman–Crippen MR) is 197 cm³/mol. The van der Waals surface area contributed by atoms with Gasteiger partial charge in [-0.25, -0.2) is 4.79 Å². The van der Waals surface area contributed by atoms with Gasteiger partial charge < -0.3 is 23.7 Å². The minimum Gasteiger partial charge on any atom is -0.494 e. The second-order valence-corrected chi connectivity index (χ2v) is 13.7. The fourth-order valence-electron chi connectivity index (χ4n) is 7.25. The first-order valence-electron chi connectivity index (χ1n) is 18.3. The Labute approximate surface area is 317 Å². The summed E-state index contributed by atoms with van der Waals surface area (Å²) in [4.78, 5) is 74.3. The van der Waals surface area contributed by atoms with Gasteiger partial charge in [0.05, 0.1) is 43.0 Å². The number of fused-ring (bicyclic) bond motifs is 3. The summed E-state index contributed by atoms with van der Waals surface area (Å²) in [5, 5.41) is 0. The van der Waals surface area contributed by atoms with Gasteiger partial charge in [0.1, 0.15) is 17.2 Å². The number of allylic oxidation sites excluding steroid dienone is 1. The lowest BCUT2D eigenvalue weighted by atomic mass is 9.67. The molecule has 4 aromatic carbocycles. The Bertz CT molecular complexity index is 2120. The summed E-state index contributed by atoms with van der Waals surface area (Å²) in [6, 6.07) is 28.0. The zero-order chi connectivity index (χ0) is 38.3. The van der Waals surface area contributed by atoms with Crippen molar-refractivity contribution >= 4 is 41.7 Å². The molecule has 0 spiro atoms. The molecular formula is C44H38O11. The van der Waals surface area contributed by atoms with Gasteiger partial charge in [0.25, 0.3) is 0 Å². The maximum absolute atomic E-state index is 12.7. The number of hydrogen-bond acceptors (Lipinski definition) is 11. The fraction of sp³-hybridized carbons (Fsp3) is 0.273. The number of rotatable bonds is 15. The number of unbranched alkanes of at least 4 members (excludes halogenated alkanes) is 3. The summed E-state index contributed by atoms with van der Waals surface area (Å²) in [5.41, 5.74) is 3.12. The number of carbonyl (C=O) groups excluding carboxylic acids is 6. The average molecular weight is 743 g/mol. The maximum Gasteiger partial charge on any atom is 0.343 e. The molecule has 0 aromatic heterocycles. The first kappa shape index (κ1) is 37.0. The second-order valence-electron chi connectivity index (χ2n) is 13.7. The molecule has 280 valence electrons. The Kier molecular flexibility index (Phi) is 11.3. The molecule has 11 nitrogen and oxygen atoms in total. The smallest absolute Gasteiger partial charge is 0.343 e. The van der Waals surface area contributed by atoms with Crippen LogP contribution in [-0.2, 0) is 28.7 Å². The SMILES string of the molecule is O=C1CC(C2CC3C(=O)OC(=O)C3c3cc(OCCCCCCOc4ccc(C(=O)Oc5ccc(C=CC(=O)c6ccccc6)cc5)cc4)ccc32)C(=O)O1. The summed E-state index contributed by atoms with van der Waals surface area (Å²) in [5.74, 6) is -4.07. The van der Waals surface area contributed by atoms with Gasteiger partial charge >= 0.3 is 29.8 Å². The summed E-state index contributed by atoms with van der Waals surface area (Å²) < 4.78 is 27.1. The van der Waals surface area contributed by atoms with Gasteiger partial charge in [0.15, 0.2) is 5.78 Å². The Morgan fingerprint density at radius 2 is 1.27 bits per heavy atom. The normalized spacial score (nSPS) is 20.1. The van der Waals surface area contributed by atoms with Crippen molar-refractivity contribution in [3.05, 3.63) is 131 Å². The summed E-state index contributed by atoms with van der Waals surface area (Å²) in [7, 11) is 0. The van der Waals surface area contributed by atoms with Gasteiger partial charge in [-0.2, -0.15) is 0 Å². The van der Waals surface area contributed by atoms with Crippen molar-refractivity contribution in [2.45, 2.75) is 50.4 Å². The number of carbonyl (C=O) groups is 6. The van der Waals surface area contributed by atoms with Gasteiger partial charge in [-0.3, -0.25) is 24.0 Å². The third-order valence-corrected chi connectivity index (χ3v) is 10.1. The maximum atomic E-state index is 12.7. The number of benzene rings is 4. The van der Waals surface area contributed by atoms with Crippen LogP contribution < -0.4 is 14.2 Å². The molecule has 2 saturated heterocycles. The van der Waals surface area contributed by atoms with E-state index in [1.807, 2.05) is 24.3 Å². The van der Waals surface area contributed by atoms with Crippen LogP contribution in [0.25, 0.3) is 6.08 Å². The lowest BCUT2D eigenvalue weighted by Gasteiger charge is -2.33. The Morgan fingerprint density at radius 1 is 0.618 bits per heavy atom. The van der Waals surface area contributed by atoms with Crippen LogP contribution in [0, 0.1) is 11.8 Å². The largest absolute Gasteiger partial charge is 0.494 e. The average Bonchev–Trinajstić information content (AvgIpc) is 3.69. The highest BCUT2D eigenvalue weighted by Crippen LogP contribution is 2.51. The van der Waals surface area contributed by atoms with Gasteiger partial charge in [0, 0.05) is 5.56 Å². The molecule has 4 unspecified atom stereocenters. The highest BCUT2D eigenvalue weighted by atomic mass is 16.6. The van der Waals surface area contributed by atoms with Crippen LogP contribution in [0.3, 0.4) is 0 Å². The van der Waals surface area contributed by atoms with Gasteiger partial charge in [-0.15, -0.1) is 0 Å². The molecule has 7 rings (SSSR count). The molecule has 2 heterocycles. The monoisotopic (exact) mass is 742 g/mol. The van der Waals surface area contributed by atoms with Crippen LogP contribution in [0.4, 0.5) is 0 Å². The van der Waals surface area contributed by atoms with Crippen LogP contribution in [0.2, 0.25) is 0 Å². The number of esters is 5. The van der Waals surface area contributed by atoms with E-state index < -0.39 is 53.5 Å². The van der Waals surface area contributed by atoms with Crippen LogP contribution >= 0.6 is 0 Å². The third kappa shape index (κ3) is 8.73. The fourth-order valence-corrected chi connectivity index (χ4v) is 7.25. The van der Waals surface area contributed by atoms with E-state index in [-0.39, 0.29) is 18.6 Å². The topological polar surface area (TPSA) is 149 Å². The molecule has 4 atom stereocenters. The molecular weight excluding hydrogens is 704 g/mol. The summed E-state index contributed by atoms with van der Waals surface area (Å²) in [6.45, 7) is 0.949. The minimum atomic E-state index is -0.766. The zero-order valence-corrected chi connectivity index (χ0v) is 29.8. The van der Waals surface area contributed by atoms with Gasteiger partial charge in [0.2, 0.25) is 0 Å². The molecule has 0 saturated carbocycles. The van der Waals surface area contributed by atoms with Crippen molar-refractivity contribution in [2.75, 3.05) is 13.2 Å². The van der Waals surface area contributed by atoms with E-state index in [1.54, 1.807) is 78.9 Å². The molecule has 3 aliphatic rings. The minimum absolute atomic E-state index is 0.0616. The number of ether oxygens (including phenoxy) is 5. The van der Waals surface area contributed by atoms with E-state index in [4.69, 9.17) is 23.7 Å². The molecule has 0 amide bonds. The van der Waals surface area contributed by atoms with Gasteiger partial charge in [-0.05, 0) is 109 Å². The summed E-state index contributed by atoms with van der Waals surface area (Å²) >= 11 is 0. The van der Waals surface area contributed by atoms with E-state index in [0.717, 1.165) is 36.8 Å². The standard InChI is InChI=1S/C44H38O11/c45-38(28-8-4-3-5-9-28)21-12-27-10-15-31(16-11-27)53-41(47)29-13-17-30(18-14-29)51-22-6-1-2-7-23-52-32-19-20-33-34(36-26-39(46)54-42(36)48)25-37-40(35(33)24-32)44(50)55-43(37)49/h3-5,8-21,24,34,36-37,40H,1-2,6-7,22-23,25-26H2. The van der Waals surface area contributed by atoms with Crippen molar-refractivity contribution in [2.24, 2.45) is 11.8 Å². The Hall–Kier alpha value is -6.36. The third-order valence-electron chi connectivity index (χ3n) is 10.1. The second kappa shape index (κ2) is 16.8. The van der Waals surface area contributed by atoms with E-state index in [2.05, 4.69) is 0 Å². The van der Waals surface area contributed by atoms with E-state index in [9.17, 15) is 28.8 Å². The van der Waals surface area contributed by atoms with Crippen molar-refractivity contribution in [1.82, 2.24) is 0 Å². The Balaban J connectivity index is 0.814. The lowest BCUT2D eigenvalue weighted by molar-refractivity contribution is -0.155. The van der Waals surface area contributed by atoms with Crippen LogP contribution in [0.15, 0.2) is 103 Å². The highest BCUT2D eigenvalue weighted by Gasteiger charge is 2.53. The molecule has 2 aliphatic heterocycles. The predicted octanol–water partition coefficient (Wildman–Crippen LogP) is 7.18. The molecule has 11 heteroatoms. The van der Waals surface area contributed by atoms with Gasteiger partial charge in [-0.1, -0.05) is 54.6 Å². The van der Waals surface area contributed by atoms with Crippen molar-refractivity contribution in [3.63, 3.8) is 0 Å². The van der Waals surface area contributed by atoms with Crippen molar-refractivity contribution in [3.8, 4) is 17.2 Å². The molecule has 0 bridgehead atoms. The van der Waals surface area contributed by atoms with Crippen molar-refractivity contribution in [1.29, 1.82) is 0 Å². The zero-order valence-electron chi connectivity index (χ0n) is 29.8. The highest BCUT2D eigenvalue weighted by molar-refractivity contribution is 6.06. The van der Waals surface area contributed by atoms with Crippen molar-refractivity contribution < 1.29 is 52.5 Å². The molecule has 2 fully saturated rings. The first-order valence-corrected chi connectivity index (χ1v) is 18.3. The van der Waals surface area contributed by atoms with Crippen LogP contribution in [-0.4, -0.2) is 48.8 Å². The first-order chi connectivity index (χ1) is 26.7. The molecule has 1 aliphatic carbocycles. The molecule has 4 aromatic rings. The molecule has 0 radical (unpaired) electrons. The molecule has 55 heavy (non-hydrogen) atoms. The van der Waals surface area contributed by atoms with E-state index in [1.165, 1.54) is 6.08 Å². The van der Waals surface area contributed by atoms with E-state index >= 15 is 0 Å². The Morgan fingerprint density at radius 3 is 1.96 bits per heavy atom. The lowest BCUT2D eigenvalue weighted by Crippen LogP contribution is -2.31. The van der Waals surface area contributed by atoms with Crippen LogP contribution in [0.1, 0.15) is 87.8 Å².